The van der Waals surface area contributed by atoms with Crippen LogP contribution in [-0.4, -0.2) is 18.5 Å². The van der Waals surface area contributed by atoms with E-state index >= 15 is 0 Å². The predicted molar refractivity (Wildman–Crippen MR) is 113 cm³/mol. The highest BCUT2D eigenvalue weighted by Crippen LogP contribution is 2.38. The van der Waals surface area contributed by atoms with E-state index in [-0.39, 0.29) is 5.82 Å². The Balaban J connectivity index is 1.63. The van der Waals surface area contributed by atoms with Crippen LogP contribution in [0.3, 0.4) is 0 Å². The molecule has 0 aliphatic heterocycles. The first-order valence-electron chi connectivity index (χ1n) is 10.8. The first kappa shape index (κ1) is 25.1. The third kappa shape index (κ3) is 6.51. The van der Waals surface area contributed by atoms with Crippen LogP contribution < -0.4 is 4.74 Å². The molecule has 1 saturated carbocycles. The quantitative estimate of drug-likeness (QED) is 0.289. The van der Waals surface area contributed by atoms with Gasteiger partial charge in [-0.1, -0.05) is 49.8 Å². The summed E-state index contributed by atoms with van der Waals surface area (Å²) in [6.07, 6.45) is -6.65. The van der Waals surface area contributed by atoms with Gasteiger partial charge in [-0.15, -0.1) is 0 Å². The molecule has 1 aliphatic rings. The number of hydrogen-bond donors (Lipinski definition) is 0. The molecule has 0 bridgehead atoms. The van der Waals surface area contributed by atoms with Crippen molar-refractivity contribution in [2.45, 2.75) is 63.4 Å². The van der Waals surface area contributed by atoms with Crippen molar-refractivity contribution >= 4 is 12.2 Å². The lowest BCUT2D eigenvalue weighted by Gasteiger charge is -2.28. The van der Waals surface area contributed by atoms with E-state index in [1.165, 1.54) is 30.7 Å². The molecule has 8 heteroatoms. The maximum Gasteiger partial charge on any atom is 0.439 e. The van der Waals surface area contributed by atoms with Crippen molar-refractivity contribution in [3.63, 3.8) is 0 Å². The summed E-state index contributed by atoms with van der Waals surface area (Å²) in [5.74, 6) is 0.103. The lowest BCUT2D eigenvalue weighted by Crippen LogP contribution is -2.45. The highest BCUT2D eigenvalue weighted by atomic mass is 19.4. The van der Waals surface area contributed by atoms with Crippen molar-refractivity contribution in [3.05, 3.63) is 65.0 Å². The van der Waals surface area contributed by atoms with Crippen LogP contribution in [0.4, 0.5) is 30.7 Å². The zero-order chi connectivity index (χ0) is 24.2. The molecule has 1 atom stereocenters. The summed E-state index contributed by atoms with van der Waals surface area (Å²) < 4.78 is 94.7. The standard InChI is InChI=1S/C25H25F7O/c1-2-16-3-8-18(9-4-16)20-12-11-19(22(26)15-20)10-5-17-6-13-21(14-7-17)33-25(31,32)23(27)24(28,29)30/h5-7,10-16,18,23H,2-4,8-9H2,1H3/b10-5+. The Morgan fingerprint density at radius 2 is 1.58 bits per heavy atom. The summed E-state index contributed by atoms with van der Waals surface area (Å²) in [6.45, 7) is 2.19. The number of alkyl halides is 6. The Labute approximate surface area is 188 Å². The van der Waals surface area contributed by atoms with Gasteiger partial charge in [-0.05, 0) is 66.8 Å². The van der Waals surface area contributed by atoms with Gasteiger partial charge in [0.05, 0.1) is 0 Å². The number of rotatable bonds is 7. The molecule has 1 unspecified atom stereocenters. The van der Waals surface area contributed by atoms with Gasteiger partial charge in [0.25, 0.3) is 6.17 Å². The van der Waals surface area contributed by atoms with Crippen molar-refractivity contribution in [1.29, 1.82) is 0 Å². The second kappa shape index (κ2) is 10.2. The lowest BCUT2D eigenvalue weighted by molar-refractivity contribution is -0.304. The Kier molecular flexibility index (Phi) is 7.75. The summed E-state index contributed by atoms with van der Waals surface area (Å²) in [5.41, 5.74) is 1.80. The van der Waals surface area contributed by atoms with Crippen molar-refractivity contribution in [2.75, 3.05) is 0 Å². The molecule has 2 aromatic rings. The normalized spacial score (nSPS) is 20.7. The van der Waals surface area contributed by atoms with Gasteiger partial charge in [-0.2, -0.15) is 22.0 Å². The Morgan fingerprint density at radius 1 is 0.939 bits per heavy atom. The maximum absolute atomic E-state index is 14.6. The van der Waals surface area contributed by atoms with Crippen LogP contribution in [-0.2, 0) is 0 Å². The molecule has 0 saturated heterocycles. The molecule has 1 nitrogen and oxygen atoms in total. The molecule has 0 spiro atoms. The van der Waals surface area contributed by atoms with Crippen molar-refractivity contribution in [2.24, 2.45) is 5.92 Å². The van der Waals surface area contributed by atoms with Crippen molar-refractivity contribution < 1.29 is 35.5 Å². The number of benzene rings is 2. The lowest BCUT2D eigenvalue weighted by atomic mass is 9.78. The van der Waals surface area contributed by atoms with Crippen LogP contribution in [0.2, 0.25) is 0 Å². The molecule has 0 aromatic heterocycles. The molecule has 0 amide bonds. The van der Waals surface area contributed by atoms with E-state index < -0.39 is 24.2 Å². The fraction of sp³-hybridized carbons (Fsp3) is 0.440. The van der Waals surface area contributed by atoms with E-state index in [0.29, 0.717) is 17.0 Å². The van der Waals surface area contributed by atoms with Crippen LogP contribution in [0.15, 0.2) is 42.5 Å². The average Bonchev–Trinajstić information content (AvgIpc) is 2.78. The molecule has 3 rings (SSSR count). The molecule has 1 fully saturated rings. The van der Waals surface area contributed by atoms with Crippen LogP contribution >= 0.6 is 0 Å². The second-order valence-electron chi connectivity index (χ2n) is 8.38. The fourth-order valence-corrected chi connectivity index (χ4v) is 4.07. The minimum Gasteiger partial charge on any atom is -0.430 e. The van der Waals surface area contributed by atoms with Gasteiger partial charge in [-0.25, -0.2) is 8.78 Å². The Bertz CT molecular complexity index is 942. The summed E-state index contributed by atoms with van der Waals surface area (Å²) in [7, 11) is 0. The Morgan fingerprint density at radius 3 is 2.12 bits per heavy atom. The first-order valence-corrected chi connectivity index (χ1v) is 10.8. The van der Waals surface area contributed by atoms with E-state index in [4.69, 9.17) is 0 Å². The fourth-order valence-electron chi connectivity index (χ4n) is 4.07. The largest absolute Gasteiger partial charge is 0.439 e. The van der Waals surface area contributed by atoms with E-state index in [9.17, 15) is 30.7 Å². The summed E-state index contributed by atoms with van der Waals surface area (Å²) in [6, 6.07) is 9.70. The second-order valence-corrected chi connectivity index (χ2v) is 8.38. The highest BCUT2D eigenvalue weighted by Gasteiger charge is 2.59. The topological polar surface area (TPSA) is 9.23 Å². The molecular weight excluding hydrogens is 449 g/mol. The van der Waals surface area contributed by atoms with Gasteiger partial charge in [0.1, 0.15) is 11.6 Å². The van der Waals surface area contributed by atoms with E-state index in [1.54, 1.807) is 12.1 Å². The van der Waals surface area contributed by atoms with Gasteiger partial charge < -0.3 is 4.74 Å². The highest BCUT2D eigenvalue weighted by molar-refractivity contribution is 5.70. The molecule has 0 radical (unpaired) electrons. The predicted octanol–water partition coefficient (Wildman–Crippen LogP) is 8.55. The molecule has 180 valence electrons. The SMILES string of the molecule is CCC1CCC(c2ccc(/C=C/c3ccc(OC(F)(F)C(F)C(F)(F)F)cc3)c(F)c2)CC1. The molecular formula is C25H25F7O. The summed E-state index contributed by atoms with van der Waals surface area (Å²) in [4.78, 5) is 0. The molecule has 33 heavy (non-hydrogen) atoms. The van der Waals surface area contributed by atoms with Gasteiger partial charge >= 0.3 is 12.3 Å². The monoisotopic (exact) mass is 474 g/mol. The van der Waals surface area contributed by atoms with Crippen LogP contribution in [0.1, 0.15) is 61.6 Å². The smallest absolute Gasteiger partial charge is 0.430 e. The zero-order valence-corrected chi connectivity index (χ0v) is 18.0. The third-order valence-corrected chi connectivity index (χ3v) is 6.09. The summed E-state index contributed by atoms with van der Waals surface area (Å²) in [5, 5.41) is 0. The van der Waals surface area contributed by atoms with Gasteiger partial charge in [0.2, 0.25) is 0 Å². The number of ether oxygens (including phenoxy) is 1. The molecule has 1 aliphatic carbocycles. The zero-order valence-electron chi connectivity index (χ0n) is 18.0. The van der Waals surface area contributed by atoms with Crippen LogP contribution in [0.5, 0.6) is 5.75 Å². The maximum atomic E-state index is 14.6. The third-order valence-electron chi connectivity index (χ3n) is 6.09. The summed E-state index contributed by atoms with van der Waals surface area (Å²) >= 11 is 0. The Hall–Kier alpha value is -2.51. The van der Waals surface area contributed by atoms with Gasteiger partial charge in [-0.3, -0.25) is 0 Å². The van der Waals surface area contributed by atoms with E-state index in [1.807, 2.05) is 6.07 Å². The van der Waals surface area contributed by atoms with Crippen LogP contribution in [0, 0.1) is 11.7 Å². The van der Waals surface area contributed by atoms with Gasteiger partial charge in [0.15, 0.2) is 0 Å². The van der Waals surface area contributed by atoms with E-state index in [2.05, 4.69) is 11.7 Å². The first-order chi connectivity index (χ1) is 15.5. The van der Waals surface area contributed by atoms with Crippen molar-refractivity contribution in [3.8, 4) is 5.75 Å². The molecule has 0 heterocycles. The van der Waals surface area contributed by atoms with Gasteiger partial charge in [0, 0.05) is 5.56 Å². The van der Waals surface area contributed by atoms with E-state index in [0.717, 1.165) is 49.3 Å². The minimum atomic E-state index is -5.75. The molecule has 0 N–H and O–H groups in total. The number of hydrogen-bond acceptors (Lipinski definition) is 1. The minimum absolute atomic E-state index is 0.346. The van der Waals surface area contributed by atoms with Crippen LogP contribution in [0.25, 0.3) is 12.2 Å². The number of halogens is 7. The molecule has 2 aromatic carbocycles. The van der Waals surface area contributed by atoms with Crippen molar-refractivity contribution in [1.82, 2.24) is 0 Å². The average molecular weight is 474 g/mol.